The van der Waals surface area contributed by atoms with Gasteiger partial charge >= 0.3 is 0 Å². The molecule has 2 aromatic carbocycles. The Hall–Kier alpha value is -5.56. The number of fused-ring (bicyclic) bond motifs is 2. The van der Waals surface area contributed by atoms with Crippen LogP contribution in [0.5, 0.6) is 0 Å². The molecule has 0 bridgehead atoms. The van der Waals surface area contributed by atoms with Gasteiger partial charge in [-0.3, -0.25) is 19.3 Å². The molecule has 0 saturated heterocycles. The van der Waals surface area contributed by atoms with Gasteiger partial charge < -0.3 is 5.32 Å². The molecule has 0 unspecified atom stereocenters. The Bertz CT molecular complexity index is 1960. The maximum atomic E-state index is 14.1. The quantitative estimate of drug-likeness (QED) is 0.348. The number of aromatic nitrogens is 7. The number of carbonyl (C=O) groups is 1. The van der Waals surface area contributed by atoms with Crippen molar-refractivity contribution < 1.29 is 4.79 Å². The van der Waals surface area contributed by atoms with Crippen LogP contribution in [-0.2, 0) is 0 Å². The third-order valence-electron chi connectivity index (χ3n) is 6.31. The zero-order valence-corrected chi connectivity index (χ0v) is 21.1. The fraction of sp³-hybridized carbons (Fsp3) is 0.103. The number of aryl methyl sites for hydroxylation is 1. The lowest BCUT2D eigenvalue weighted by atomic mass is 10.1. The van der Waals surface area contributed by atoms with Crippen LogP contribution >= 0.6 is 0 Å². The van der Waals surface area contributed by atoms with E-state index in [2.05, 4.69) is 37.4 Å². The Kier molecular flexibility index (Phi) is 5.93. The largest absolute Gasteiger partial charge is 0.342 e. The monoisotopic (exact) mass is 514 g/mol. The Morgan fingerprint density at radius 3 is 2.72 bits per heavy atom. The van der Waals surface area contributed by atoms with Gasteiger partial charge in [-0.2, -0.15) is 10.2 Å². The highest BCUT2D eigenvalue weighted by Crippen LogP contribution is 2.21. The van der Waals surface area contributed by atoms with Crippen LogP contribution in [0, 0.1) is 18.8 Å². The molecule has 1 atom stereocenters. The highest BCUT2D eigenvalue weighted by atomic mass is 16.2. The van der Waals surface area contributed by atoms with Crippen LogP contribution in [0.4, 0.5) is 0 Å². The van der Waals surface area contributed by atoms with Gasteiger partial charge in [0.05, 0.1) is 40.1 Å². The van der Waals surface area contributed by atoms with E-state index in [1.54, 1.807) is 61.3 Å². The van der Waals surface area contributed by atoms with Crippen molar-refractivity contribution in [3.63, 3.8) is 0 Å². The van der Waals surface area contributed by atoms with Crippen LogP contribution in [-0.4, -0.2) is 40.3 Å². The lowest BCUT2D eigenvalue weighted by Crippen LogP contribution is -2.33. The number of para-hydroxylation sites is 1. The summed E-state index contributed by atoms with van der Waals surface area (Å²) in [4.78, 5) is 36.7. The van der Waals surface area contributed by atoms with Gasteiger partial charge in [-0.15, -0.1) is 0 Å². The van der Waals surface area contributed by atoms with Crippen molar-refractivity contribution in [2.45, 2.75) is 19.9 Å². The SMILES string of the molecule is Cc1nn2cccnc2c1C(=O)N[C@H](C)c1nc2cccc(C#Cc3cn[nH]c3)c2c(=O)n1-c1ccccc1. The standard InChI is InChI=1S/C29H22N8O2/c1-18-24(27-30-14-7-15-36(27)35-18)28(38)33-19(2)26-34-23-11-6-8-21(13-12-20-16-31-32-17-20)25(23)29(39)37(26)22-9-4-3-5-10-22/h3-11,14-17,19H,1-2H3,(H,31,32)(H,33,38)/t19-/m1/s1. The average molecular weight is 515 g/mol. The number of rotatable bonds is 4. The third-order valence-corrected chi connectivity index (χ3v) is 6.31. The summed E-state index contributed by atoms with van der Waals surface area (Å²) in [5, 5.41) is 14.4. The predicted molar refractivity (Wildman–Crippen MR) is 146 cm³/mol. The van der Waals surface area contributed by atoms with Crippen LogP contribution < -0.4 is 10.9 Å². The molecule has 4 aromatic heterocycles. The van der Waals surface area contributed by atoms with Gasteiger partial charge in [-0.25, -0.2) is 14.5 Å². The minimum Gasteiger partial charge on any atom is -0.342 e. The maximum absolute atomic E-state index is 14.1. The zero-order valence-electron chi connectivity index (χ0n) is 21.1. The van der Waals surface area contributed by atoms with Crippen LogP contribution in [0.15, 0.2) is 84.2 Å². The van der Waals surface area contributed by atoms with Crippen LogP contribution in [0.25, 0.3) is 22.2 Å². The van der Waals surface area contributed by atoms with E-state index in [1.807, 2.05) is 36.4 Å². The topological polar surface area (TPSA) is 123 Å². The second-order valence-corrected chi connectivity index (χ2v) is 8.93. The number of amides is 1. The minimum absolute atomic E-state index is 0.284. The number of aromatic amines is 1. The van der Waals surface area contributed by atoms with Crippen molar-refractivity contribution in [1.82, 2.24) is 39.7 Å². The maximum Gasteiger partial charge on any atom is 0.267 e. The van der Waals surface area contributed by atoms with Crippen molar-refractivity contribution in [3.05, 3.63) is 118 Å². The molecule has 10 heteroatoms. The second-order valence-electron chi connectivity index (χ2n) is 8.93. The Morgan fingerprint density at radius 1 is 1.08 bits per heavy atom. The van der Waals surface area contributed by atoms with Gasteiger partial charge in [-0.05, 0) is 44.2 Å². The first-order chi connectivity index (χ1) is 19.0. The van der Waals surface area contributed by atoms with Gasteiger partial charge in [0, 0.05) is 24.2 Å². The van der Waals surface area contributed by atoms with Crippen molar-refractivity contribution >= 4 is 22.5 Å². The summed E-state index contributed by atoms with van der Waals surface area (Å²) < 4.78 is 3.09. The van der Waals surface area contributed by atoms with Gasteiger partial charge in [0.25, 0.3) is 11.5 Å². The molecule has 0 spiro atoms. The highest BCUT2D eigenvalue weighted by Gasteiger charge is 2.24. The summed E-state index contributed by atoms with van der Waals surface area (Å²) >= 11 is 0. The van der Waals surface area contributed by atoms with Crippen LogP contribution in [0.3, 0.4) is 0 Å². The molecule has 190 valence electrons. The number of nitrogens with zero attached hydrogens (tertiary/aromatic N) is 6. The Labute approximate surface area is 222 Å². The molecule has 0 saturated carbocycles. The van der Waals surface area contributed by atoms with E-state index in [1.165, 1.54) is 4.57 Å². The summed E-state index contributed by atoms with van der Waals surface area (Å²) in [7, 11) is 0. The minimum atomic E-state index is -0.631. The van der Waals surface area contributed by atoms with Gasteiger partial charge in [0.15, 0.2) is 5.65 Å². The molecule has 2 N–H and O–H groups in total. The lowest BCUT2D eigenvalue weighted by Gasteiger charge is -2.20. The van der Waals surface area contributed by atoms with E-state index in [9.17, 15) is 9.59 Å². The molecule has 39 heavy (non-hydrogen) atoms. The van der Waals surface area contributed by atoms with E-state index in [4.69, 9.17) is 4.98 Å². The molecule has 10 nitrogen and oxygen atoms in total. The molecule has 1 amide bonds. The third kappa shape index (κ3) is 4.32. The molecule has 6 aromatic rings. The molecule has 4 heterocycles. The van der Waals surface area contributed by atoms with E-state index in [0.29, 0.717) is 50.4 Å². The number of nitrogens with one attached hydrogen (secondary N) is 2. The van der Waals surface area contributed by atoms with Gasteiger partial charge in [0.2, 0.25) is 0 Å². The van der Waals surface area contributed by atoms with E-state index in [-0.39, 0.29) is 11.5 Å². The van der Waals surface area contributed by atoms with Crippen molar-refractivity contribution in [1.29, 1.82) is 0 Å². The fourth-order valence-electron chi connectivity index (χ4n) is 4.52. The first-order valence-electron chi connectivity index (χ1n) is 12.2. The molecule has 0 aliphatic carbocycles. The Morgan fingerprint density at radius 2 is 1.92 bits per heavy atom. The van der Waals surface area contributed by atoms with E-state index >= 15 is 0 Å². The number of carbonyl (C=O) groups excluding carboxylic acids is 1. The van der Waals surface area contributed by atoms with Crippen molar-refractivity contribution in [2.24, 2.45) is 0 Å². The molecular formula is C29H22N8O2. The second kappa shape index (κ2) is 9.72. The first kappa shape index (κ1) is 23.8. The summed E-state index contributed by atoms with van der Waals surface area (Å²) in [6, 6.07) is 15.7. The zero-order chi connectivity index (χ0) is 26.9. The van der Waals surface area contributed by atoms with Crippen molar-refractivity contribution in [3.8, 4) is 17.5 Å². The highest BCUT2D eigenvalue weighted by molar-refractivity contribution is 6.01. The van der Waals surface area contributed by atoms with Gasteiger partial charge in [0.1, 0.15) is 11.4 Å². The molecule has 0 fully saturated rings. The molecule has 0 aliphatic rings. The van der Waals surface area contributed by atoms with Crippen LogP contribution in [0.2, 0.25) is 0 Å². The lowest BCUT2D eigenvalue weighted by molar-refractivity contribution is 0.0938. The number of hydrogen-bond donors (Lipinski definition) is 2. The Balaban J connectivity index is 1.48. The summed E-state index contributed by atoms with van der Waals surface area (Å²) in [5.74, 6) is 6.14. The number of H-pyrrole nitrogens is 1. The van der Waals surface area contributed by atoms with Gasteiger partial charge in [-0.1, -0.05) is 36.1 Å². The molecule has 6 rings (SSSR count). The first-order valence-corrected chi connectivity index (χ1v) is 12.2. The summed E-state index contributed by atoms with van der Waals surface area (Å²) in [5.41, 5.74) is 3.44. The average Bonchev–Trinajstić information content (AvgIpc) is 3.59. The number of benzene rings is 2. The summed E-state index contributed by atoms with van der Waals surface area (Å²) in [6.07, 6.45) is 6.65. The molecule has 0 aliphatic heterocycles. The fourth-order valence-corrected chi connectivity index (χ4v) is 4.52. The summed E-state index contributed by atoms with van der Waals surface area (Å²) in [6.45, 7) is 3.55. The molecule has 0 radical (unpaired) electrons. The van der Waals surface area contributed by atoms with E-state index < -0.39 is 6.04 Å². The predicted octanol–water partition coefficient (Wildman–Crippen LogP) is 3.35. The van der Waals surface area contributed by atoms with Crippen LogP contribution in [0.1, 0.15) is 46.0 Å². The normalized spacial score (nSPS) is 11.7. The van der Waals surface area contributed by atoms with E-state index in [0.717, 1.165) is 0 Å². The smallest absolute Gasteiger partial charge is 0.267 e. The van der Waals surface area contributed by atoms with Crippen molar-refractivity contribution in [2.75, 3.05) is 0 Å². The number of hydrogen-bond acceptors (Lipinski definition) is 6. The molecular weight excluding hydrogens is 492 g/mol.